The summed E-state index contributed by atoms with van der Waals surface area (Å²) < 4.78 is 5.27. The van der Waals surface area contributed by atoms with Crippen LogP contribution in [0.25, 0.3) is 0 Å². The van der Waals surface area contributed by atoms with Crippen LogP contribution in [0.5, 0.6) is 0 Å². The van der Waals surface area contributed by atoms with Gasteiger partial charge in [0.2, 0.25) is 0 Å². The van der Waals surface area contributed by atoms with Gasteiger partial charge in [-0.25, -0.2) is 0 Å². The molecule has 2 N–H and O–H groups in total. The average Bonchev–Trinajstić information content (AvgIpc) is 2.25. The molecule has 1 atom stereocenters. The van der Waals surface area contributed by atoms with Crippen molar-refractivity contribution in [1.29, 1.82) is 0 Å². The molecule has 1 fully saturated rings. The largest absolute Gasteiger partial charge is 0.377 e. The number of hydrogen-bond donors (Lipinski definition) is 1. The van der Waals surface area contributed by atoms with Crippen LogP contribution in [0.2, 0.25) is 0 Å². The molecule has 0 saturated heterocycles. The van der Waals surface area contributed by atoms with Gasteiger partial charge in [-0.3, -0.25) is 0 Å². The molecule has 0 heterocycles. The zero-order valence-corrected chi connectivity index (χ0v) is 9.49. The summed E-state index contributed by atoms with van der Waals surface area (Å²) in [5.41, 5.74) is 8.68. The highest BCUT2D eigenvalue weighted by atomic mass is 16.5. The van der Waals surface area contributed by atoms with Crippen molar-refractivity contribution in [3.63, 3.8) is 0 Å². The molecule has 2 heteroatoms. The fraction of sp³-hybridized carbons (Fsp3) is 0.538. The van der Waals surface area contributed by atoms with Crippen LogP contribution in [0, 0.1) is 0 Å². The van der Waals surface area contributed by atoms with Gasteiger partial charge in [-0.2, -0.15) is 0 Å². The van der Waals surface area contributed by atoms with Crippen molar-refractivity contribution in [2.24, 2.45) is 5.73 Å². The summed E-state index contributed by atoms with van der Waals surface area (Å²) in [5, 5.41) is 0. The Balaban J connectivity index is 2.17. The van der Waals surface area contributed by atoms with E-state index in [-0.39, 0.29) is 11.6 Å². The van der Waals surface area contributed by atoms with E-state index in [0.717, 1.165) is 12.8 Å². The van der Waals surface area contributed by atoms with Crippen molar-refractivity contribution in [2.45, 2.75) is 37.8 Å². The van der Waals surface area contributed by atoms with Crippen molar-refractivity contribution < 1.29 is 4.74 Å². The molecule has 0 amide bonds. The highest BCUT2D eigenvalue weighted by molar-refractivity contribution is 5.30. The summed E-state index contributed by atoms with van der Waals surface area (Å²) in [6.45, 7) is 2.05. The van der Waals surface area contributed by atoms with Crippen molar-refractivity contribution >= 4 is 0 Å². The average molecular weight is 205 g/mol. The molecule has 2 nitrogen and oxygen atoms in total. The first-order valence-corrected chi connectivity index (χ1v) is 5.58. The lowest BCUT2D eigenvalue weighted by molar-refractivity contribution is 0.119. The number of ether oxygens (including phenoxy) is 1. The molecule has 1 saturated carbocycles. The second kappa shape index (κ2) is 3.95. The van der Waals surface area contributed by atoms with Gasteiger partial charge in [0.25, 0.3) is 0 Å². The van der Waals surface area contributed by atoms with Crippen molar-refractivity contribution in [1.82, 2.24) is 0 Å². The molecule has 1 aliphatic rings. The summed E-state index contributed by atoms with van der Waals surface area (Å²) in [4.78, 5) is 0. The molecule has 2 rings (SSSR count). The van der Waals surface area contributed by atoms with Gasteiger partial charge in [0.1, 0.15) is 0 Å². The van der Waals surface area contributed by atoms with E-state index in [0.29, 0.717) is 0 Å². The quantitative estimate of drug-likeness (QED) is 0.823. The molecule has 1 aliphatic carbocycles. The fourth-order valence-electron chi connectivity index (χ4n) is 2.07. The minimum Gasteiger partial charge on any atom is -0.377 e. The Labute approximate surface area is 91.4 Å². The second-order valence-corrected chi connectivity index (χ2v) is 4.51. The SMILES string of the molecule is COC(C)c1ccc(C2(N)CCC2)cc1. The van der Waals surface area contributed by atoms with Crippen LogP contribution in [0.1, 0.15) is 43.4 Å². The molecule has 0 radical (unpaired) electrons. The first-order valence-electron chi connectivity index (χ1n) is 5.58. The van der Waals surface area contributed by atoms with Gasteiger partial charge in [-0.15, -0.1) is 0 Å². The smallest absolute Gasteiger partial charge is 0.0793 e. The molecule has 0 spiro atoms. The lowest BCUT2D eigenvalue weighted by Crippen LogP contribution is -2.43. The van der Waals surface area contributed by atoms with Gasteiger partial charge < -0.3 is 10.5 Å². The van der Waals surface area contributed by atoms with E-state index in [1.54, 1.807) is 7.11 Å². The van der Waals surface area contributed by atoms with Gasteiger partial charge in [0.15, 0.2) is 0 Å². The third-order valence-corrected chi connectivity index (χ3v) is 3.55. The number of nitrogens with two attached hydrogens (primary N) is 1. The Bertz CT molecular complexity index is 327. The highest BCUT2D eigenvalue weighted by Gasteiger charge is 2.34. The molecule has 1 unspecified atom stereocenters. The van der Waals surface area contributed by atoms with E-state index in [1.807, 2.05) is 0 Å². The summed E-state index contributed by atoms with van der Waals surface area (Å²) >= 11 is 0. The maximum absolute atomic E-state index is 6.25. The molecule has 82 valence electrons. The van der Waals surface area contributed by atoms with Gasteiger partial charge >= 0.3 is 0 Å². The maximum atomic E-state index is 6.25. The lowest BCUT2D eigenvalue weighted by Gasteiger charge is -2.38. The van der Waals surface area contributed by atoms with Crippen LogP contribution in [0.3, 0.4) is 0 Å². The molecule has 0 bridgehead atoms. The summed E-state index contributed by atoms with van der Waals surface area (Å²) in [5.74, 6) is 0. The molecule has 15 heavy (non-hydrogen) atoms. The Morgan fingerprint density at radius 2 is 1.87 bits per heavy atom. The van der Waals surface area contributed by atoms with Gasteiger partial charge in [-0.05, 0) is 37.3 Å². The number of hydrogen-bond acceptors (Lipinski definition) is 2. The highest BCUT2D eigenvalue weighted by Crippen LogP contribution is 2.38. The van der Waals surface area contributed by atoms with E-state index in [1.165, 1.54) is 17.5 Å². The maximum Gasteiger partial charge on any atom is 0.0793 e. The molecular formula is C13H19NO. The number of methoxy groups -OCH3 is 1. The van der Waals surface area contributed by atoms with Crippen LogP contribution in [0.15, 0.2) is 24.3 Å². The summed E-state index contributed by atoms with van der Waals surface area (Å²) in [6.07, 6.45) is 3.65. The van der Waals surface area contributed by atoms with Crippen molar-refractivity contribution in [3.8, 4) is 0 Å². The van der Waals surface area contributed by atoms with E-state index in [2.05, 4.69) is 31.2 Å². The Morgan fingerprint density at radius 3 is 2.27 bits per heavy atom. The Hall–Kier alpha value is -0.860. The minimum atomic E-state index is -0.0468. The van der Waals surface area contributed by atoms with E-state index in [9.17, 15) is 0 Å². The Kier molecular flexibility index (Phi) is 2.81. The van der Waals surface area contributed by atoms with Crippen LogP contribution in [-0.4, -0.2) is 7.11 Å². The molecule has 0 aromatic heterocycles. The third kappa shape index (κ3) is 1.92. The van der Waals surface area contributed by atoms with Gasteiger partial charge in [-0.1, -0.05) is 24.3 Å². The van der Waals surface area contributed by atoms with Crippen LogP contribution in [-0.2, 0) is 10.3 Å². The summed E-state index contributed by atoms with van der Waals surface area (Å²) in [7, 11) is 1.73. The van der Waals surface area contributed by atoms with E-state index in [4.69, 9.17) is 10.5 Å². The number of rotatable bonds is 3. The molecule has 1 aromatic carbocycles. The predicted octanol–water partition coefficient (Wildman–Crippen LogP) is 2.73. The van der Waals surface area contributed by atoms with E-state index < -0.39 is 0 Å². The zero-order valence-electron chi connectivity index (χ0n) is 9.49. The summed E-state index contributed by atoms with van der Waals surface area (Å²) in [6, 6.07) is 8.53. The lowest BCUT2D eigenvalue weighted by atomic mass is 9.72. The normalized spacial score (nSPS) is 20.7. The molecule has 0 aliphatic heterocycles. The monoisotopic (exact) mass is 205 g/mol. The first-order chi connectivity index (χ1) is 7.15. The van der Waals surface area contributed by atoms with Crippen LogP contribution >= 0.6 is 0 Å². The van der Waals surface area contributed by atoms with Crippen LogP contribution in [0.4, 0.5) is 0 Å². The van der Waals surface area contributed by atoms with E-state index >= 15 is 0 Å². The van der Waals surface area contributed by atoms with Crippen LogP contribution < -0.4 is 5.73 Å². The fourth-order valence-corrected chi connectivity index (χ4v) is 2.07. The standard InChI is InChI=1S/C13H19NO/c1-10(15-2)11-4-6-12(7-5-11)13(14)8-3-9-13/h4-7,10H,3,8-9,14H2,1-2H3. The van der Waals surface area contributed by atoms with Crippen molar-refractivity contribution in [3.05, 3.63) is 35.4 Å². The Morgan fingerprint density at radius 1 is 1.27 bits per heavy atom. The van der Waals surface area contributed by atoms with Gasteiger partial charge in [0, 0.05) is 12.6 Å². The zero-order chi connectivity index (χ0) is 10.9. The molecule has 1 aromatic rings. The minimum absolute atomic E-state index is 0.0468. The first kappa shape index (κ1) is 10.7. The predicted molar refractivity (Wildman–Crippen MR) is 61.6 cm³/mol. The molecular weight excluding hydrogens is 186 g/mol. The topological polar surface area (TPSA) is 35.2 Å². The number of benzene rings is 1. The van der Waals surface area contributed by atoms with Gasteiger partial charge in [0.05, 0.1) is 6.10 Å². The van der Waals surface area contributed by atoms with Crippen molar-refractivity contribution in [2.75, 3.05) is 7.11 Å². The third-order valence-electron chi connectivity index (χ3n) is 3.55. The second-order valence-electron chi connectivity index (χ2n) is 4.51.